The van der Waals surface area contributed by atoms with Gasteiger partial charge in [-0.1, -0.05) is 0 Å². The molecule has 0 aromatic carbocycles. The van der Waals surface area contributed by atoms with Crippen molar-refractivity contribution in [3.05, 3.63) is 15.6 Å². The molecule has 1 fully saturated rings. The fourth-order valence-corrected chi connectivity index (χ4v) is 4.46. The molecule has 2 heterocycles. The van der Waals surface area contributed by atoms with Crippen LogP contribution in [0.15, 0.2) is 0 Å². The first-order chi connectivity index (χ1) is 11.7. The van der Waals surface area contributed by atoms with Crippen LogP contribution in [0.2, 0.25) is 0 Å². The lowest BCUT2D eigenvalue weighted by Crippen LogP contribution is -2.48. The van der Waals surface area contributed by atoms with Crippen LogP contribution in [0.5, 0.6) is 0 Å². The molecule has 0 spiro atoms. The van der Waals surface area contributed by atoms with Crippen molar-refractivity contribution in [2.75, 3.05) is 32.8 Å². The second-order valence-electron chi connectivity index (χ2n) is 6.29. The molecule has 6 nitrogen and oxygen atoms in total. The molecule has 1 aliphatic heterocycles. The van der Waals surface area contributed by atoms with Crippen LogP contribution < -0.4 is 0 Å². The minimum absolute atomic E-state index is 0.0518. The van der Waals surface area contributed by atoms with Gasteiger partial charge in [0.25, 0.3) is 0 Å². The quantitative estimate of drug-likeness (QED) is 0.729. The number of thiazole rings is 1. The molecule has 3 rings (SSSR count). The van der Waals surface area contributed by atoms with Gasteiger partial charge in [-0.25, -0.2) is 4.98 Å². The zero-order valence-electron chi connectivity index (χ0n) is 14.3. The van der Waals surface area contributed by atoms with Crippen LogP contribution in [0, 0.1) is 0 Å². The number of fused-ring (bicyclic) bond motifs is 1. The summed E-state index contributed by atoms with van der Waals surface area (Å²) in [5, 5.41) is 1.21. The summed E-state index contributed by atoms with van der Waals surface area (Å²) in [6.45, 7) is 6.23. The molecule has 0 atom stereocenters. The topological polar surface area (TPSA) is 62.7 Å². The Bertz CT molecular complexity index is 572. The number of rotatable bonds is 6. The van der Waals surface area contributed by atoms with Crippen molar-refractivity contribution in [2.24, 2.45) is 0 Å². The molecule has 1 amide bonds. The largest absolute Gasteiger partial charge is 0.466 e. The van der Waals surface area contributed by atoms with Crippen molar-refractivity contribution in [3.63, 3.8) is 0 Å². The number of ether oxygens (including phenoxy) is 1. The molecule has 24 heavy (non-hydrogen) atoms. The fourth-order valence-electron chi connectivity index (χ4n) is 3.26. The van der Waals surface area contributed by atoms with E-state index in [9.17, 15) is 9.59 Å². The van der Waals surface area contributed by atoms with E-state index in [1.807, 2.05) is 16.2 Å². The Morgan fingerprint density at radius 3 is 2.67 bits per heavy atom. The number of amides is 1. The smallest absolute Gasteiger partial charge is 0.306 e. The maximum absolute atomic E-state index is 12.2. The zero-order valence-corrected chi connectivity index (χ0v) is 15.1. The van der Waals surface area contributed by atoms with Crippen LogP contribution in [-0.4, -0.2) is 59.4 Å². The third-order valence-electron chi connectivity index (χ3n) is 4.57. The van der Waals surface area contributed by atoms with E-state index in [4.69, 9.17) is 9.72 Å². The SMILES string of the molecule is CCOC(=O)CCC(=O)N1CCN(Cc2nc3c(s2)CCC3)CC1. The Morgan fingerprint density at radius 2 is 1.96 bits per heavy atom. The van der Waals surface area contributed by atoms with Crippen LogP contribution in [0.25, 0.3) is 0 Å². The maximum Gasteiger partial charge on any atom is 0.306 e. The van der Waals surface area contributed by atoms with Crippen molar-refractivity contribution in [1.82, 2.24) is 14.8 Å². The van der Waals surface area contributed by atoms with E-state index in [2.05, 4.69) is 4.90 Å². The number of aryl methyl sites for hydroxylation is 2. The van der Waals surface area contributed by atoms with E-state index in [1.54, 1.807) is 6.92 Å². The summed E-state index contributed by atoms with van der Waals surface area (Å²) in [6, 6.07) is 0. The Kier molecular flexibility index (Phi) is 5.84. The van der Waals surface area contributed by atoms with Crippen LogP contribution in [0.4, 0.5) is 0 Å². The Balaban J connectivity index is 1.40. The summed E-state index contributed by atoms with van der Waals surface area (Å²) in [4.78, 5) is 33.9. The number of nitrogens with zero attached hydrogens (tertiary/aromatic N) is 3. The molecule has 132 valence electrons. The minimum atomic E-state index is -0.290. The molecular formula is C17H25N3O3S. The van der Waals surface area contributed by atoms with E-state index >= 15 is 0 Å². The molecule has 0 saturated carbocycles. The van der Waals surface area contributed by atoms with Gasteiger partial charge >= 0.3 is 5.97 Å². The lowest BCUT2D eigenvalue weighted by Gasteiger charge is -2.34. The first-order valence-electron chi connectivity index (χ1n) is 8.79. The molecule has 1 aromatic heterocycles. The summed E-state index contributed by atoms with van der Waals surface area (Å²) in [5.41, 5.74) is 1.31. The van der Waals surface area contributed by atoms with Gasteiger partial charge in [-0.15, -0.1) is 11.3 Å². The number of hydrogen-bond donors (Lipinski definition) is 0. The molecule has 1 aromatic rings. The molecule has 1 aliphatic carbocycles. The van der Waals surface area contributed by atoms with Crippen LogP contribution >= 0.6 is 11.3 Å². The lowest BCUT2D eigenvalue weighted by molar-refractivity contribution is -0.146. The van der Waals surface area contributed by atoms with Crippen molar-refractivity contribution in [2.45, 2.75) is 45.6 Å². The van der Waals surface area contributed by atoms with Gasteiger partial charge in [-0.2, -0.15) is 0 Å². The van der Waals surface area contributed by atoms with Crippen LogP contribution in [0.1, 0.15) is 41.8 Å². The highest BCUT2D eigenvalue weighted by atomic mass is 32.1. The Labute approximate surface area is 146 Å². The summed E-state index contributed by atoms with van der Waals surface area (Å²) in [7, 11) is 0. The third kappa shape index (κ3) is 4.33. The molecule has 7 heteroatoms. The van der Waals surface area contributed by atoms with Gasteiger partial charge < -0.3 is 9.64 Å². The third-order valence-corrected chi connectivity index (χ3v) is 5.71. The fraction of sp³-hybridized carbons (Fsp3) is 0.706. The second kappa shape index (κ2) is 8.07. The van der Waals surface area contributed by atoms with E-state index < -0.39 is 0 Å². The number of hydrogen-bond acceptors (Lipinski definition) is 6. The van der Waals surface area contributed by atoms with Crippen LogP contribution in [-0.2, 0) is 33.7 Å². The van der Waals surface area contributed by atoms with Gasteiger partial charge in [0.1, 0.15) is 5.01 Å². The molecule has 0 bridgehead atoms. The Hall–Kier alpha value is -1.47. The predicted octanol–water partition coefficient (Wildman–Crippen LogP) is 1.62. The molecular weight excluding hydrogens is 326 g/mol. The van der Waals surface area contributed by atoms with Crippen molar-refractivity contribution in [3.8, 4) is 0 Å². The van der Waals surface area contributed by atoms with E-state index in [1.165, 1.54) is 28.4 Å². The lowest BCUT2D eigenvalue weighted by atomic mass is 10.2. The highest BCUT2D eigenvalue weighted by molar-refractivity contribution is 7.11. The van der Waals surface area contributed by atoms with Gasteiger partial charge in [-0.3, -0.25) is 14.5 Å². The molecule has 1 saturated heterocycles. The van der Waals surface area contributed by atoms with Gasteiger partial charge in [0.15, 0.2) is 0 Å². The summed E-state index contributed by atoms with van der Waals surface area (Å²) >= 11 is 1.85. The van der Waals surface area contributed by atoms with Crippen molar-refractivity contribution < 1.29 is 14.3 Å². The normalized spacial score (nSPS) is 17.8. The van der Waals surface area contributed by atoms with Crippen molar-refractivity contribution in [1.29, 1.82) is 0 Å². The first-order valence-corrected chi connectivity index (χ1v) is 9.60. The van der Waals surface area contributed by atoms with Crippen molar-refractivity contribution >= 4 is 23.2 Å². The number of piperazine rings is 1. The van der Waals surface area contributed by atoms with Gasteiger partial charge in [0.2, 0.25) is 5.91 Å². The standard InChI is InChI=1S/C17H25N3O3S/c1-2-23-17(22)7-6-16(21)20-10-8-19(9-11-20)12-15-18-13-4-3-5-14(13)24-15/h2-12H2,1H3. The Morgan fingerprint density at radius 1 is 1.17 bits per heavy atom. The predicted molar refractivity (Wildman–Crippen MR) is 91.9 cm³/mol. The van der Waals surface area contributed by atoms with E-state index in [0.29, 0.717) is 6.61 Å². The van der Waals surface area contributed by atoms with Gasteiger partial charge in [0.05, 0.1) is 25.3 Å². The van der Waals surface area contributed by atoms with Crippen LogP contribution in [0.3, 0.4) is 0 Å². The number of esters is 1. The first kappa shape index (κ1) is 17.4. The molecule has 0 radical (unpaired) electrons. The zero-order chi connectivity index (χ0) is 16.9. The molecule has 0 N–H and O–H groups in total. The number of carbonyl (C=O) groups excluding carboxylic acids is 2. The number of carbonyl (C=O) groups is 2. The summed E-state index contributed by atoms with van der Waals surface area (Å²) < 4.78 is 4.86. The number of aromatic nitrogens is 1. The molecule has 2 aliphatic rings. The second-order valence-corrected chi connectivity index (χ2v) is 7.46. The monoisotopic (exact) mass is 351 g/mol. The highest BCUT2D eigenvalue weighted by Gasteiger charge is 2.23. The minimum Gasteiger partial charge on any atom is -0.466 e. The van der Waals surface area contributed by atoms with E-state index in [0.717, 1.165) is 39.1 Å². The van der Waals surface area contributed by atoms with Gasteiger partial charge in [-0.05, 0) is 26.2 Å². The van der Waals surface area contributed by atoms with Gasteiger partial charge in [0, 0.05) is 37.5 Å². The average molecular weight is 351 g/mol. The molecule has 0 unspecified atom stereocenters. The highest BCUT2D eigenvalue weighted by Crippen LogP contribution is 2.28. The summed E-state index contributed by atoms with van der Waals surface area (Å²) in [6.07, 6.45) is 4.00. The van der Waals surface area contributed by atoms with E-state index in [-0.39, 0.29) is 24.7 Å². The maximum atomic E-state index is 12.2. The average Bonchev–Trinajstić information content (AvgIpc) is 3.15. The summed E-state index contributed by atoms with van der Waals surface area (Å²) in [5.74, 6) is -0.239.